The summed E-state index contributed by atoms with van der Waals surface area (Å²) >= 11 is 11.7. The minimum absolute atomic E-state index is 0.105. The van der Waals surface area contributed by atoms with Crippen molar-refractivity contribution in [3.05, 3.63) is 33.8 Å². The van der Waals surface area contributed by atoms with Gasteiger partial charge < -0.3 is 5.32 Å². The predicted molar refractivity (Wildman–Crippen MR) is 68.3 cm³/mol. The number of amides is 1. The molecule has 0 aliphatic carbocycles. The molecule has 5 heteroatoms. The molecule has 0 fully saturated rings. The van der Waals surface area contributed by atoms with E-state index < -0.39 is 0 Å². The molecule has 0 radical (unpaired) electrons. The zero-order valence-corrected chi connectivity index (χ0v) is 11.1. The number of benzene rings is 1. The largest absolute Gasteiger partial charge is 0.349 e. The lowest BCUT2D eigenvalue weighted by atomic mass is 10.1. The zero-order valence-electron chi connectivity index (χ0n) is 9.59. The standard InChI is InChI=1S/C12H13Cl2NO2/c1-7(16)5-12(17)15-8(2)9-3-4-10(13)11(14)6-9/h3-4,6,8H,5H2,1-2H3,(H,15,17). The fraction of sp³-hybridized carbons (Fsp3) is 0.333. The van der Waals surface area contributed by atoms with E-state index >= 15 is 0 Å². The lowest BCUT2D eigenvalue weighted by Crippen LogP contribution is -2.27. The first-order valence-corrected chi connectivity index (χ1v) is 5.89. The van der Waals surface area contributed by atoms with Crippen molar-refractivity contribution in [2.45, 2.75) is 26.3 Å². The minimum Gasteiger partial charge on any atom is -0.349 e. The molecule has 0 aromatic heterocycles. The molecule has 1 aromatic rings. The van der Waals surface area contributed by atoms with Crippen LogP contribution in [0.25, 0.3) is 0 Å². The minimum atomic E-state index is -0.295. The monoisotopic (exact) mass is 273 g/mol. The molecule has 0 aliphatic rings. The van der Waals surface area contributed by atoms with Crippen molar-refractivity contribution >= 4 is 34.9 Å². The van der Waals surface area contributed by atoms with Gasteiger partial charge in [-0.15, -0.1) is 0 Å². The van der Waals surface area contributed by atoms with Gasteiger partial charge in [0.25, 0.3) is 0 Å². The fourth-order valence-corrected chi connectivity index (χ4v) is 1.69. The average molecular weight is 274 g/mol. The Bertz CT molecular complexity index is 446. The summed E-state index contributed by atoms with van der Waals surface area (Å²) in [6.45, 7) is 3.20. The molecular formula is C12H13Cl2NO2. The SMILES string of the molecule is CC(=O)CC(=O)NC(C)c1ccc(Cl)c(Cl)c1. The fourth-order valence-electron chi connectivity index (χ4n) is 1.38. The van der Waals surface area contributed by atoms with Gasteiger partial charge in [-0.3, -0.25) is 9.59 Å². The van der Waals surface area contributed by atoms with Crippen molar-refractivity contribution in [1.29, 1.82) is 0 Å². The first-order valence-electron chi connectivity index (χ1n) is 5.14. The van der Waals surface area contributed by atoms with Crippen molar-refractivity contribution in [3.8, 4) is 0 Å². The number of hydrogen-bond acceptors (Lipinski definition) is 2. The summed E-state index contributed by atoms with van der Waals surface area (Å²) in [6.07, 6.45) is -0.105. The molecule has 0 aliphatic heterocycles. The normalized spacial score (nSPS) is 12.0. The second kappa shape index (κ2) is 6.03. The van der Waals surface area contributed by atoms with Crippen LogP contribution in [0.3, 0.4) is 0 Å². The Kier molecular flexibility index (Phi) is 4.97. The summed E-state index contributed by atoms with van der Waals surface area (Å²) in [5.74, 6) is -0.458. The van der Waals surface area contributed by atoms with Crippen molar-refractivity contribution in [1.82, 2.24) is 5.32 Å². The van der Waals surface area contributed by atoms with Gasteiger partial charge in [-0.05, 0) is 31.5 Å². The summed E-state index contributed by atoms with van der Waals surface area (Å²) in [5, 5.41) is 3.62. The van der Waals surface area contributed by atoms with E-state index in [0.29, 0.717) is 10.0 Å². The van der Waals surface area contributed by atoms with E-state index in [1.807, 2.05) is 6.92 Å². The third kappa shape index (κ3) is 4.36. The van der Waals surface area contributed by atoms with Crippen LogP contribution in [0.15, 0.2) is 18.2 Å². The van der Waals surface area contributed by atoms with Crippen LogP contribution in [0.2, 0.25) is 10.0 Å². The molecule has 0 saturated heterocycles. The lowest BCUT2D eigenvalue weighted by Gasteiger charge is -2.14. The maximum absolute atomic E-state index is 11.4. The Morgan fingerprint density at radius 1 is 1.29 bits per heavy atom. The Morgan fingerprint density at radius 3 is 2.47 bits per heavy atom. The number of Topliss-reactive ketones (excluding diaryl/α,β-unsaturated/α-hetero) is 1. The molecular weight excluding hydrogens is 261 g/mol. The van der Waals surface area contributed by atoms with Gasteiger partial charge in [0, 0.05) is 0 Å². The molecule has 0 heterocycles. The van der Waals surface area contributed by atoms with E-state index in [0.717, 1.165) is 5.56 Å². The maximum Gasteiger partial charge on any atom is 0.227 e. The Labute approximate surface area is 110 Å². The van der Waals surface area contributed by atoms with Crippen LogP contribution in [0, 0.1) is 0 Å². The first kappa shape index (κ1) is 14.0. The van der Waals surface area contributed by atoms with Gasteiger partial charge in [0.2, 0.25) is 5.91 Å². The lowest BCUT2D eigenvalue weighted by molar-refractivity contribution is -0.127. The molecule has 1 atom stereocenters. The molecule has 1 N–H and O–H groups in total. The number of carbonyl (C=O) groups is 2. The third-order valence-electron chi connectivity index (χ3n) is 2.23. The quantitative estimate of drug-likeness (QED) is 0.857. The van der Waals surface area contributed by atoms with Crippen molar-refractivity contribution in [2.75, 3.05) is 0 Å². The van der Waals surface area contributed by atoms with Crippen molar-refractivity contribution in [2.24, 2.45) is 0 Å². The van der Waals surface area contributed by atoms with Gasteiger partial charge in [-0.1, -0.05) is 29.3 Å². The highest BCUT2D eigenvalue weighted by Gasteiger charge is 2.12. The molecule has 0 bridgehead atoms. The predicted octanol–water partition coefficient (Wildman–Crippen LogP) is 3.15. The van der Waals surface area contributed by atoms with Gasteiger partial charge in [-0.2, -0.15) is 0 Å². The first-order chi connectivity index (χ1) is 7.90. The smallest absolute Gasteiger partial charge is 0.227 e. The van der Waals surface area contributed by atoms with Gasteiger partial charge in [-0.25, -0.2) is 0 Å². The van der Waals surface area contributed by atoms with Gasteiger partial charge in [0.15, 0.2) is 0 Å². The topological polar surface area (TPSA) is 46.2 Å². The van der Waals surface area contributed by atoms with Gasteiger partial charge >= 0.3 is 0 Å². The molecule has 1 unspecified atom stereocenters. The van der Waals surface area contributed by atoms with Crippen LogP contribution in [-0.2, 0) is 9.59 Å². The summed E-state index contributed by atoms with van der Waals surface area (Å²) < 4.78 is 0. The number of hydrogen-bond donors (Lipinski definition) is 1. The van der Waals surface area contributed by atoms with Gasteiger partial charge in [0.1, 0.15) is 5.78 Å². The average Bonchev–Trinajstić information content (AvgIpc) is 2.20. The Balaban J connectivity index is 2.69. The number of carbonyl (C=O) groups excluding carboxylic acids is 2. The Hall–Kier alpha value is -1.06. The molecule has 0 spiro atoms. The summed E-state index contributed by atoms with van der Waals surface area (Å²) in [4.78, 5) is 22.2. The van der Waals surface area contributed by atoms with E-state index in [1.165, 1.54) is 6.92 Å². The number of rotatable bonds is 4. The molecule has 1 amide bonds. The maximum atomic E-state index is 11.4. The number of ketones is 1. The van der Waals surface area contributed by atoms with Crippen molar-refractivity contribution < 1.29 is 9.59 Å². The van der Waals surface area contributed by atoms with Crippen LogP contribution in [0.1, 0.15) is 31.9 Å². The van der Waals surface area contributed by atoms with E-state index in [4.69, 9.17) is 23.2 Å². The molecule has 1 aromatic carbocycles. The van der Waals surface area contributed by atoms with E-state index in [-0.39, 0.29) is 24.2 Å². The third-order valence-corrected chi connectivity index (χ3v) is 2.97. The van der Waals surface area contributed by atoms with Crippen LogP contribution < -0.4 is 5.32 Å². The highest BCUT2D eigenvalue weighted by atomic mass is 35.5. The highest BCUT2D eigenvalue weighted by molar-refractivity contribution is 6.42. The molecule has 0 saturated carbocycles. The van der Waals surface area contributed by atoms with E-state index in [1.54, 1.807) is 18.2 Å². The summed E-state index contributed by atoms with van der Waals surface area (Å²) in [6, 6.07) is 4.94. The van der Waals surface area contributed by atoms with Crippen LogP contribution >= 0.6 is 23.2 Å². The second-order valence-electron chi connectivity index (χ2n) is 3.84. The molecule has 1 rings (SSSR count). The molecule has 92 valence electrons. The summed E-state index contributed by atoms with van der Waals surface area (Å²) in [5.41, 5.74) is 0.844. The molecule has 17 heavy (non-hydrogen) atoms. The van der Waals surface area contributed by atoms with Crippen LogP contribution in [0.5, 0.6) is 0 Å². The van der Waals surface area contributed by atoms with Crippen molar-refractivity contribution in [3.63, 3.8) is 0 Å². The summed E-state index contributed by atoms with van der Waals surface area (Å²) in [7, 11) is 0. The van der Waals surface area contributed by atoms with Crippen LogP contribution in [0.4, 0.5) is 0 Å². The van der Waals surface area contributed by atoms with E-state index in [2.05, 4.69) is 5.32 Å². The zero-order chi connectivity index (χ0) is 13.0. The van der Waals surface area contributed by atoms with Gasteiger partial charge in [0.05, 0.1) is 22.5 Å². The van der Waals surface area contributed by atoms with Crippen LogP contribution in [-0.4, -0.2) is 11.7 Å². The Morgan fingerprint density at radius 2 is 1.94 bits per heavy atom. The molecule has 3 nitrogen and oxygen atoms in total. The highest BCUT2D eigenvalue weighted by Crippen LogP contribution is 2.25. The number of halogens is 2. The number of nitrogens with one attached hydrogen (secondary N) is 1. The second-order valence-corrected chi connectivity index (χ2v) is 4.66. The van der Waals surface area contributed by atoms with E-state index in [9.17, 15) is 9.59 Å².